The Hall–Kier alpha value is -1.94. The van der Waals surface area contributed by atoms with Crippen molar-refractivity contribution in [3.05, 3.63) is 63.6 Å². The Morgan fingerprint density at radius 1 is 0.886 bits per heavy atom. The highest BCUT2D eigenvalue weighted by Crippen LogP contribution is 2.21. The molecule has 0 aliphatic heterocycles. The molecule has 4 heteroatoms. The van der Waals surface area contributed by atoms with Gasteiger partial charge in [0.1, 0.15) is 0 Å². The standard InChI is InChI=1S/C10H11BrO.C10H13NO.C9H20.C2H6/c1-3-8-9(7(2)12)5-4-6-10(8)11;1-3-10(12)11-9-6-4-8(2)5-7-9;1-4-7-9(6-3)8-5-2;1-2/h4-6H,3H2,1-2H3;4-7H,3H2,1-2H3,(H,11,12);9H,4-8H2,1-3H3;1-2H3. The molecule has 0 saturated heterocycles. The average molecular weight is 549 g/mol. The smallest absolute Gasteiger partial charge is 0.224 e. The van der Waals surface area contributed by atoms with Crippen LogP contribution in [0.4, 0.5) is 5.69 Å². The minimum atomic E-state index is 0.0545. The maximum Gasteiger partial charge on any atom is 0.224 e. The molecule has 0 saturated carbocycles. The van der Waals surface area contributed by atoms with Crippen molar-refractivity contribution in [3.63, 3.8) is 0 Å². The maximum atomic E-state index is 11.2. The Kier molecular flexibility index (Phi) is 22.7. The summed E-state index contributed by atoms with van der Waals surface area (Å²) in [6.45, 7) is 18.4. The third-order valence-corrected chi connectivity index (χ3v) is 6.22. The summed E-state index contributed by atoms with van der Waals surface area (Å²) in [5.41, 5.74) is 3.99. The van der Waals surface area contributed by atoms with Crippen molar-refractivity contribution in [2.75, 3.05) is 5.32 Å². The van der Waals surface area contributed by atoms with Crippen LogP contribution < -0.4 is 5.32 Å². The van der Waals surface area contributed by atoms with Crippen LogP contribution in [0.15, 0.2) is 46.9 Å². The average Bonchev–Trinajstić information content (AvgIpc) is 2.87. The molecule has 0 atom stereocenters. The van der Waals surface area contributed by atoms with Gasteiger partial charge in [-0.25, -0.2) is 0 Å². The lowest BCUT2D eigenvalue weighted by Crippen LogP contribution is -2.08. The SMILES string of the molecule is CC.CCC(=O)Nc1ccc(C)cc1.CCCC(CC)CCC.CCc1c(Br)cccc1C(C)=O. The highest BCUT2D eigenvalue weighted by Gasteiger charge is 2.07. The van der Waals surface area contributed by atoms with E-state index in [0.717, 1.165) is 33.6 Å². The number of aryl methyl sites for hydroxylation is 1. The number of carbonyl (C=O) groups excluding carboxylic acids is 2. The first-order valence-electron chi connectivity index (χ1n) is 13.4. The second-order valence-electron chi connectivity index (χ2n) is 8.30. The third-order valence-electron chi connectivity index (χ3n) is 5.48. The number of amides is 1. The van der Waals surface area contributed by atoms with Crippen LogP contribution in [0.25, 0.3) is 0 Å². The number of halogens is 1. The van der Waals surface area contributed by atoms with Crippen molar-refractivity contribution in [2.24, 2.45) is 5.92 Å². The van der Waals surface area contributed by atoms with Gasteiger partial charge in [0.25, 0.3) is 0 Å². The fourth-order valence-electron chi connectivity index (χ4n) is 3.50. The molecule has 1 N–H and O–H groups in total. The summed E-state index contributed by atoms with van der Waals surface area (Å²) in [5.74, 6) is 1.20. The summed E-state index contributed by atoms with van der Waals surface area (Å²) in [6, 6.07) is 13.5. The van der Waals surface area contributed by atoms with Gasteiger partial charge in [0.15, 0.2) is 5.78 Å². The molecule has 0 bridgehead atoms. The van der Waals surface area contributed by atoms with Gasteiger partial charge < -0.3 is 5.32 Å². The van der Waals surface area contributed by atoms with E-state index in [4.69, 9.17) is 0 Å². The second kappa shape index (κ2) is 22.5. The number of anilines is 1. The van der Waals surface area contributed by atoms with Gasteiger partial charge in [-0.15, -0.1) is 0 Å². The van der Waals surface area contributed by atoms with Crippen LogP contribution in [0.3, 0.4) is 0 Å². The monoisotopic (exact) mass is 547 g/mol. The van der Waals surface area contributed by atoms with E-state index in [1.54, 1.807) is 6.92 Å². The molecule has 0 aliphatic rings. The first-order chi connectivity index (χ1) is 16.7. The lowest BCUT2D eigenvalue weighted by Gasteiger charge is -2.10. The second-order valence-corrected chi connectivity index (χ2v) is 9.15. The molecule has 3 nitrogen and oxygen atoms in total. The van der Waals surface area contributed by atoms with Gasteiger partial charge in [0.2, 0.25) is 5.91 Å². The van der Waals surface area contributed by atoms with E-state index in [2.05, 4.69) is 42.0 Å². The largest absolute Gasteiger partial charge is 0.326 e. The van der Waals surface area contributed by atoms with Gasteiger partial charge in [-0.1, -0.05) is 126 Å². The number of benzene rings is 2. The van der Waals surface area contributed by atoms with Crippen LogP contribution in [0.1, 0.15) is 115 Å². The highest BCUT2D eigenvalue weighted by molar-refractivity contribution is 9.10. The molecule has 35 heavy (non-hydrogen) atoms. The van der Waals surface area contributed by atoms with Gasteiger partial charge in [-0.05, 0) is 49.9 Å². The van der Waals surface area contributed by atoms with E-state index in [1.807, 2.05) is 77.1 Å². The van der Waals surface area contributed by atoms with Crippen LogP contribution in [0.5, 0.6) is 0 Å². The Morgan fingerprint density at radius 3 is 1.80 bits per heavy atom. The summed E-state index contributed by atoms with van der Waals surface area (Å²) in [5, 5.41) is 2.78. The predicted molar refractivity (Wildman–Crippen MR) is 159 cm³/mol. The molecule has 2 aromatic rings. The van der Waals surface area contributed by atoms with Gasteiger partial charge >= 0.3 is 0 Å². The van der Waals surface area contributed by atoms with Crippen molar-refractivity contribution >= 4 is 33.3 Å². The minimum Gasteiger partial charge on any atom is -0.326 e. The lowest BCUT2D eigenvalue weighted by molar-refractivity contribution is -0.115. The molecule has 0 heterocycles. The molecule has 0 spiro atoms. The molecule has 0 radical (unpaired) electrons. The fourth-order valence-corrected chi connectivity index (χ4v) is 4.15. The zero-order valence-electron chi connectivity index (χ0n) is 23.8. The van der Waals surface area contributed by atoms with Crippen LogP contribution in [-0.2, 0) is 11.2 Å². The van der Waals surface area contributed by atoms with Gasteiger partial charge in [0.05, 0.1) is 0 Å². The molecule has 0 aromatic heterocycles. The molecular weight excluding hydrogens is 498 g/mol. The first kappa shape index (κ1) is 35.2. The van der Waals surface area contributed by atoms with Crippen molar-refractivity contribution in [1.82, 2.24) is 0 Å². The lowest BCUT2D eigenvalue weighted by atomic mass is 9.96. The van der Waals surface area contributed by atoms with E-state index in [9.17, 15) is 9.59 Å². The third kappa shape index (κ3) is 16.4. The topological polar surface area (TPSA) is 46.2 Å². The van der Waals surface area contributed by atoms with Gasteiger partial charge in [0, 0.05) is 22.1 Å². The predicted octanol–water partition coefficient (Wildman–Crippen LogP) is 10.2. The summed E-state index contributed by atoms with van der Waals surface area (Å²) in [4.78, 5) is 22.1. The summed E-state index contributed by atoms with van der Waals surface area (Å²) >= 11 is 3.42. The Bertz CT molecular complexity index is 809. The minimum absolute atomic E-state index is 0.0545. The number of rotatable bonds is 9. The number of carbonyl (C=O) groups is 2. The zero-order chi connectivity index (χ0) is 27.2. The highest BCUT2D eigenvalue weighted by atomic mass is 79.9. The van der Waals surface area contributed by atoms with Crippen molar-refractivity contribution in [1.29, 1.82) is 0 Å². The number of Topliss-reactive ketones (excluding diaryl/α,β-unsaturated/α-hetero) is 1. The van der Waals surface area contributed by atoms with Crippen molar-refractivity contribution in [2.45, 2.75) is 107 Å². The molecule has 0 unspecified atom stereocenters. The number of nitrogens with one attached hydrogen (secondary N) is 1. The van der Waals surface area contributed by atoms with E-state index in [-0.39, 0.29) is 11.7 Å². The Labute approximate surface area is 224 Å². The summed E-state index contributed by atoms with van der Waals surface area (Å²) in [6.07, 6.45) is 8.37. The molecule has 0 fully saturated rings. The van der Waals surface area contributed by atoms with E-state index in [1.165, 1.54) is 37.7 Å². The number of hydrogen-bond donors (Lipinski definition) is 1. The fraction of sp³-hybridized carbons (Fsp3) is 0.548. The van der Waals surface area contributed by atoms with E-state index >= 15 is 0 Å². The molecule has 0 aliphatic carbocycles. The van der Waals surface area contributed by atoms with Crippen LogP contribution in [-0.4, -0.2) is 11.7 Å². The maximum absolute atomic E-state index is 11.2. The molecule has 2 rings (SSSR count). The van der Waals surface area contributed by atoms with E-state index in [0.29, 0.717) is 6.42 Å². The van der Waals surface area contributed by atoms with Crippen molar-refractivity contribution in [3.8, 4) is 0 Å². The Morgan fingerprint density at radius 2 is 1.43 bits per heavy atom. The van der Waals surface area contributed by atoms with Crippen LogP contribution >= 0.6 is 15.9 Å². The normalized spacial score (nSPS) is 9.57. The van der Waals surface area contributed by atoms with Crippen molar-refractivity contribution < 1.29 is 9.59 Å². The molecule has 2 aromatic carbocycles. The van der Waals surface area contributed by atoms with Gasteiger partial charge in [-0.2, -0.15) is 0 Å². The van der Waals surface area contributed by atoms with Gasteiger partial charge in [-0.3, -0.25) is 9.59 Å². The number of hydrogen-bond acceptors (Lipinski definition) is 2. The molecule has 198 valence electrons. The molecule has 1 amide bonds. The van der Waals surface area contributed by atoms with E-state index < -0.39 is 0 Å². The number of ketones is 1. The summed E-state index contributed by atoms with van der Waals surface area (Å²) < 4.78 is 1.03. The zero-order valence-corrected chi connectivity index (χ0v) is 25.3. The van der Waals surface area contributed by atoms with Crippen LogP contribution in [0, 0.1) is 12.8 Å². The quantitative estimate of drug-likeness (QED) is 0.317. The first-order valence-corrected chi connectivity index (χ1v) is 14.2. The summed E-state index contributed by atoms with van der Waals surface area (Å²) in [7, 11) is 0. The van der Waals surface area contributed by atoms with Crippen LogP contribution in [0.2, 0.25) is 0 Å². The molecular formula is C31H50BrNO2. The Balaban J connectivity index is 0.